The van der Waals surface area contributed by atoms with Crippen molar-refractivity contribution in [3.8, 4) is 0 Å². The second-order valence-corrected chi connectivity index (χ2v) is 5.67. The molecule has 0 saturated carbocycles. The molecular weight excluding hydrogens is 274 g/mol. The lowest BCUT2D eigenvalue weighted by molar-refractivity contribution is -0.154. The predicted octanol–water partition coefficient (Wildman–Crippen LogP) is 1.51. The van der Waals surface area contributed by atoms with Crippen LogP contribution in [-0.2, 0) is 23.7 Å². The molecule has 21 heavy (non-hydrogen) atoms. The summed E-state index contributed by atoms with van der Waals surface area (Å²) in [4.78, 5) is 11.4. The van der Waals surface area contributed by atoms with Crippen LogP contribution in [0.2, 0.25) is 0 Å². The molecule has 0 aromatic carbocycles. The first-order valence-corrected chi connectivity index (χ1v) is 7.61. The fraction of sp³-hybridized carbons (Fsp3) is 0.933. The van der Waals surface area contributed by atoms with Gasteiger partial charge in [0.1, 0.15) is 5.60 Å². The summed E-state index contributed by atoms with van der Waals surface area (Å²) in [7, 11) is 0. The fourth-order valence-corrected chi connectivity index (χ4v) is 1.49. The molecule has 0 bridgehead atoms. The van der Waals surface area contributed by atoms with Gasteiger partial charge in [-0.15, -0.1) is 0 Å². The van der Waals surface area contributed by atoms with Crippen molar-refractivity contribution in [1.29, 1.82) is 0 Å². The Bertz CT molecular complexity index is 253. The summed E-state index contributed by atoms with van der Waals surface area (Å²) in [6.07, 6.45) is 2.07. The first-order valence-electron chi connectivity index (χ1n) is 7.61. The molecule has 0 fully saturated rings. The van der Waals surface area contributed by atoms with Gasteiger partial charge in [-0.05, 0) is 33.6 Å². The molecule has 0 unspecified atom stereocenters. The third kappa shape index (κ3) is 17.3. The third-order valence-corrected chi connectivity index (χ3v) is 2.35. The lowest BCUT2D eigenvalue weighted by Crippen LogP contribution is -2.23. The highest BCUT2D eigenvalue weighted by Crippen LogP contribution is 2.09. The van der Waals surface area contributed by atoms with Gasteiger partial charge in [0.05, 0.1) is 33.0 Å². The maximum absolute atomic E-state index is 11.4. The van der Waals surface area contributed by atoms with Gasteiger partial charge in [0.25, 0.3) is 0 Å². The maximum Gasteiger partial charge on any atom is 0.306 e. The summed E-state index contributed by atoms with van der Waals surface area (Å²) in [6, 6.07) is 0. The zero-order chi connectivity index (χ0) is 16.0. The minimum atomic E-state index is -0.404. The lowest BCUT2D eigenvalue weighted by Gasteiger charge is -2.19. The Balaban J connectivity index is 3.17. The van der Waals surface area contributed by atoms with E-state index in [2.05, 4.69) is 0 Å². The zero-order valence-electron chi connectivity index (χ0n) is 13.7. The van der Waals surface area contributed by atoms with E-state index in [1.165, 1.54) is 0 Å². The van der Waals surface area contributed by atoms with Crippen molar-refractivity contribution in [1.82, 2.24) is 0 Å². The molecule has 0 heterocycles. The molecule has 0 radical (unpaired) electrons. The van der Waals surface area contributed by atoms with Crippen LogP contribution in [0, 0.1) is 0 Å². The van der Waals surface area contributed by atoms with Gasteiger partial charge >= 0.3 is 5.97 Å². The second kappa shape index (κ2) is 13.0. The molecule has 0 saturated heterocycles. The van der Waals surface area contributed by atoms with Gasteiger partial charge in [-0.2, -0.15) is 0 Å². The van der Waals surface area contributed by atoms with E-state index in [4.69, 9.17) is 24.7 Å². The Hall–Kier alpha value is -0.690. The highest BCUT2D eigenvalue weighted by atomic mass is 16.6. The number of hydrogen-bond acceptors (Lipinski definition) is 6. The molecule has 0 aromatic heterocycles. The van der Waals surface area contributed by atoms with Gasteiger partial charge < -0.3 is 24.7 Å². The monoisotopic (exact) mass is 305 g/mol. The van der Waals surface area contributed by atoms with Crippen LogP contribution in [0.25, 0.3) is 0 Å². The van der Waals surface area contributed by atoms with Crippen LogP contribution < -0.4 is 5.73 Å². The smallest absolute Gasteiger partial charge is 0.306 e. The molecule has 0 aliphatic rings. The largest absolute Gasteiger partial charge is 0.460 e. The van der Waals surface area contributed by atoms with Crippen LogP contribution >= 0.6 is 0 Å². The highest BCUT2D eigenvalue weighted by molar-refractivity contribution is 5.69. The molecule has 0 atom stereocenters. The minimum absolute atomic E-state index is 0.150. The quantitative estimate of drug-likeness (QED) is 0.410. The second-order valence-electron chi connectivity index (χ2n) is 5.67. The van der Waals surface area contributed by atoms with Crippen molar-refractivity contribution in [3.63, 3.8) is 0 Å². The topological polar surface area (TPSA) is 80.0 Å². The summed E-state index contributed by atoms with van der Waals surface area (Å²) in [5.41, 5.74) is 4.88. The van der Waals surface area contributed by atoms with Gasteiger partial charge in [0.15, 0.2) is 0 Å². The molecule has 6 nitrogen and oxygen atoms in total. The van der Waals surface area contributed by atoms with Crippen molar-refractivity contribution < 1.29 is 23.7 Å². The van der Waals surface area contributed by atoms with E-state index < -0.39 is 5.60 Å². The summed E-state index contributed by atoms with van der Waals surface area (Å²) >= 11 is 0. The van der Waals surface area contributed by atoms with Crippen molar-refractivity contribution in [3.05, 3.63) is 0 Å². The van der Waals surface area contributed by atoms with Crippen LogP contribution in [0.4, 0.5) is 0 Å². The van der Waals surface area contributed by atoms with Gasteiger partial charge in [-0.1, -0.05) is 0 Å². The zero-order valence-corrected chi connectivity index (χ0v) is 13.7. The van der Waals surface area contributed by atoms with Gasteiger partial charge in [0, 0.05) is 19.6 Å². The SMILES string of the molecule is CC(C)(C)OC(=O)CCCCOCCOCCOCCN. The first-order chi connectivity index (χ1) is 9.95. The molecule has 0 aliphatic heterocycles. The summed E-state index contributed by atoms with van der Waals surface area (Å²) in [6.45, 7) is 9.58. The number of ether oxygens (including phenoxy) is 4. The first kappa shape index (κ1) is 20.3. The number of hydrogen-bond donors (Lipinski definition) is 1. The Kier molecular flexibility index (Phi) is 12.6. The molecule has 0 spiro atoms. The average Bonchev–Trinajstić information content (AvgIpc) is 2.38. The van der Waals surface area contributed by atoms with E-state index in [0.717, 1.165) is 12.8 Å². The van der Waals surface area contributed by atoms with E-state index in [0.29, 0.717) is 52.6 Å². The lowest BCUT2D eigenvalue weighted by atomic mass is 10.2. The van der Waals surface area contributed by atoms with Crippen molar-refractivity contribution >= 4 is 5.97 Å². The Morgan fingerprint density at radius 1 is 0.857 bits per heavy atom. The van der Waals surface area contributed by atoms with Crippen LogP contribution in [0.5, 0.6) is 0 Å². The minimum Gasteiger partial charge on any atom is -0.460 e. The van der Waals surface area contributed by atoms with Crippen LogP contribution in [0.1, 0.15) is 40.0 Å². The number of carbonyl (C=O) groups is 1. The third-order valence-electron chi connectivity index (χ3n) is 2.35. The van der Waals surface area contributed by atoms with E-state index in [1.54, 1.807) is 0 Å². The van der Waals surface area contributed by atoms with E-state index in [-0.39, 0.29) is 5.97 Å². The van der Waals surface area contributed by atoms with E-state index in [1.807, 2.05) is 20.8 Å². The molecule has 2 N–H and O–H groups in total. The summed E-state index contributed by atoms with van der Waals surface area (Å²) in [5, 5.41) is 0. The highest BCUT2D eigenvalue weighted by Gasteiger charge is 2.15. The number of rotatable bonds is 13. The molecule has 0 aromatic rings. The Morgan fingerprint density at radius 3 is 1.90 bits per heavy atom. The molecule has 6 heteroatoms. The van der Waals surface area contributed by atoms with E-state index >= 15 is 0 Å². The predicted molar refractivity (Wildman–Crippen MR) is 81.2 cm³/mol. The Morgan fingerprint density at radius 2 is 1.38 bits per heavy atom. The summed E-state index contributed by atoms with van der Waals surface area (Å²) in [5.74, 6) is -0.150. The fourth-order valence-electron chi connectivity index (χ4n) is 1.49. The standard InChI is InChI=1S/C15H31NO5/c1-15(2,3)21-14(17)6-4-5-8-18-10-12-20-13-11-19-9-7-16/h4-13,16H2,1-3H3. The van der Waals surface area contributed by atoms with E-state index in [9.17, 15) is 4.79 Å². The van der Waals surface area contributed by atoms with Gasteiger partial charge in [-0.25, -0.2) is 0 Å². The maximum atomic E-state index is 11.4. The molecular formula is C15H31NO5. The van der Waals surface area contributed by atoms with Gasteiger partial charge in [0.2, 0.25) is 0 Å². The van der Waals surface area contributed by atoms with Crippen LogP contribution in [0.15, 0.2) is 0 Å². The normalized spacial score (nSPS) is 11.6. The molecule has 0 rings (SSSR count). The molecule has 0 aliphatic carbocycles. The average molecular weight is 305 g/mol. The number of carbonyl (C=O) groups excluding carboxylic acids is 1. The molecule has 126 valence electrons. The number of nitrogens with two attached hydrogens (primary N) is 1. The van der Waals surface area contributed by atoms with Crippen LogP contribution in [-0.4, -0.2) is 57.8 Å². The van der Waals surface area contributed by atoms with Gasteiger partial charge in [-0.3, -0.25) is 4.79 Å². The number of unbranched alkanes of at least 4 members (excludes halogenated alkanes) is 1. The van der Waals surface area contributed by atoms with Crippen molar-refractivity contribution in [2.45, 2.75) is 45.6 Å². The van der Waals surface area contributed by atoms with Crippen molar-refractivity contribution in [2.24, 2.45) is 5.73 Å². The Labute approximate surface area is 128 Å². The van der Waals surface area contributed by atoms with Crippen LogP contribution in [0.3, 0.4) is 0 Å². The van der Waals surface area contributed by atoms with Crippen molar-refractivity contribution in [2.75, 3.05) is 46.2 Å². The summed E-state index contributed by atoms with van der Waals surface area (Å²) < 4.78 is 21.1. The number of esters is 1. The molecule has 0 amide bonds.